The van der Waals surface area contributed by atoms with E-state index in [1.807, 2.05) is 36.5 Å². The van der Waals surface area contributed by atoms with Gasteiger partial charge in [0.1, 0.15) is 0 Å². The molecule has 25 heavy (non-hydrogen) atoms. The van der Waals surface area contributed by atoms with Gasteiger partial charge in [-0.1, -0.05) is 36.4 Å². The van der Waals surface area contributed by atoms with Crippen LogP contribution in [0.1, 0.15) is 28.4 Å². The molecule has 2 N–H and O–H groups in total. The van der Waals surface area contributed by atoms with Crippen molar-refractivity contribution in [3.63, 3.8) is 0 Å². The molecule has 1 aliphatic rings. The molecule has 5 nitrogen and oxygen atoms in total. The fourth-order valence-corrected chi connectivity index (χ4v) is 3.39. The van der Waals surface area contributed by atoms with Crippen LogP contribution in [0.3, 0.4) is 0 Å². The normalized spacial score (nSPS) is 15.8. The molecule has 0 saturated heterocycles. The van der Waals surface area contributed by atoms with E-state index in [-0.39, 0.29) is 24.3 Å². The molecule has 2 aromatic carbocycles. The molecule has 0 aliphatic carbocycles. The standard InChI is InChI=1S/C20H19N3O2/c24-19(13-17-15-6-2-3-7-16(15)20(25)22-17)21-10-12-23-11-9-14-5-1-4-8-18(14)23/h1-9,11,17H,10,12-13H2,(H,21,24)(H,22,25). The van der Waals surface area contributed by atoms with E-state index in [0.29, 0.717) is 18.7 Å². The van der Waals surface area contributed by atoms with Gasteiger partial charge in [0, 0.05) is 30.4 Å². The van der Waals surface area contributed by atoms with Gasteiger partial charge in [-0.15, -0.1) is 0 Å². The summed E-state index contributed by atoms with van der Waals surface area (Å²) >= 11 is 0. The Morgan fingerprint density at radius 3 is 2.80 bits per heavy atom. The van der Waals surface area contributed by atoms with Gasteiger partial charge in [-0.2, -0.15) is 0 Å². The summed E-state index contributed by atoms with van der Waals surface area (Å²) in [5.41, 5.74) is 2.73. The van der Waals surface area contributed by atoms with Crippen molar-refractivity contribution in [3.05, 3.63) is 71.9 Å². The quantitative estimate of drug-likeness (QED) is 0.754. The molecule has 0 saturated carbocycles. The van der Waals surface area contributed by atoms with Crippen LogP contribution in [0, 0.1) is 0 Å². The van der Waals surface area contributed by atoms with E-state index in [1.54, 1.807) is 6.07 Å². The van der Waals surface area contributed by atoms with Crippen molar-refractivity contribution in [1.29, 1.82) is 0 Å². The number of hydrogen-bond donors (Lipinski definition) is 2. The van der Waals surface area contributed by atoms with Crippen LogP contribution in [0.4, 0.5) is 0 Å². The highest BCUT2D eigenvalue weighted by Crippen LogP contribution is 2.27. The van der Waals surface area contributed by atoms with Crippen molar-refractivity contribution < 1.29 is 9.59 Å². The first-order chi connectivity index (χ1) is 12.2. The van der Waals surface area contributed by atoms with Crippen LogP contribution in [-0.2, 0) is 11.3 Å². The number of carbonyl (C=O) groups is 2. The average molecular weight is 333 g/mol. The van der Waals surface area contributed by atoms with Gasteiger partial charge in [0.05, 0.1) is 12.5 Å². The Morgan fingerprint density at radius 1 is 1.08 bits per heavy atom. The van der Waals surface area contributed by atoms with E-state index in [4.69, 9.17) is 0 Å². The molecular formula is C20H19N3O2. The first kappa shape index (κ1) is 15.4. The van der Waals surface area contributed by atoms with Crippen molar-refractivity contribution in [1.82, 2.24) is 15.2 Å². The molecule has 1 aromatic heterocycles. The summed E-state index contributed by atoms with van der Waals surface area (Å²) in [6.45, 7) is 1.27. The number of nitrogens with one attached hydrogen (secondary N) is 2. The highest BCUT2D eigenvalue weighted by Gasteiger charge is 2.29. The second-order valence-electron chi connectivity index (χ2n) is 6.24. The molecule has 0 bridgehead atoms. The second-order valence-corrected chi connectivity index (χ2v) is 6.24. The van der Waals surface area contributed by atoms with E-state index in [1.165, 1.54) is 5.39 Å². The van der Waals surface area contributed by atoms with Crippen molar-refractivity contribution in [2.24, 2.45) is 0 Å². The number of para-hydroxylation sites is 1. The van der Waals surface area contributed by atoms with E-state index in [2.05, 4.69) is 33.4 Å². The highest BCUT2D eigenvalue weighted by atomic mass is 16.2. The number of fused-ring (bicyclic) bond motifs is 2. The Balaban J connectivity index is 1.34. The number of rotatable bonds is 5. The molecule has 0 radical (unpaired) electrons. The van der Waals surface area contributed by atoms with Gasteiger partial charge in [-0.25, -0.2) is 0 Å². The average Bonchev–Trinajstić information content (AvgIpc) is 3.17. The topological polar surface area (TPSA) is 63.1 Å². The van der Waals surface area contributed by atoms with Gasteiger partial charge in [0.2, 0.25) is 5.91 Å². The molecule has 1 unspecified atom stereocenters. The fraction of sp³-hybridized carbons (Fsp3) is 0.200. The minimum atomic E-state index is -0.240. The van der Waals surface area contributed by atoms with Crippen LogP contribution < -0.4 is 10.6 Å². The SMILES string of the molecule is O=C(CC1NC(=O)c2ccccc21)NCCn1ccc2ccccc21. The maximum Gasteiger partial charge on any atom is 0.252 e. The minimum Gasteiger partial charge on any atom is -0.354 e. The monoisotopic (exact) mass is 333 g/mol. The van der Waals surface area contributed by atoms with Gasteiger partial charge in [0.25, 0.3) is 5.91 Å². The van der Waals surface area contributed by atoms with Crippen LogP contribution in [0.15, 0.2) is 60.8 Å². The lowest BCUT2D eigenvalue weighted by atomic mass is 10.0. The number of benzene rings is 2. The lowest BCUT2D eigenvalue weighted by Crippen LogP contribution is -2.31. The second kappa shape index (κ2) is 6.43. The smallest absolute Gasteiger partial charge is 0.252 e. The fourth-order valence-electron chi connectivity index (χ4n) is 3.39. The Kier molecular flexibility index (Phi) is 3.98. The lowest BCUT2D eigenvalue weighted by molar-refractivity contribution is -0.121. The third-order valence-electron chi connectivity index (χ3n) is 4.63. The molecular weight excluding hydrogens is 314 g/mol. The summed E-state index contributed by atoms with van der Waals surface area (Å²) in [5, 5.41) is 7.01. The van der Waals surface area contributed by atoms with Crippen molar-refractivity contribution in [2.45, 2.75) is 19.0 Å². The largest absolute Gasteiger partial charge is 0.354 e. The highest BCUT2D eigenvalue weighted by molar-refractivity contribution is 5.99. The zero-order valence-corrected chi connectivity index (χ0v) is 13.7. The molecule has 1 aliphatic heterocycles. The predicted octanol–water partition coefficient (Wildman–Crippen LogP) is 2.63. The summed E-state index contributed by atoms with van der Waals surface area (Å²) in [6, 6.07) is 17.4. The number of amides is 2. The Labute approximate surface area is 145 Å². The zero-order chi connectivity index (χ0) is 17.2. The molecule has 1 atom stereocenters. The van der Waals surface area contributed by atoms with Gasteiger partial charge < -0.3 is 15.2 Å². The zero-order valence-electron chi connectivity index (χ0n) is 13.7. The molecule has 4 rings (SSSR count). The van der Waals surface area contributed by atoms with Crippen LogP contribution >= 0.6 is 0 Å². The summed E-state index contributed by atoms with van der Waals surface area (Å²) in [6.07, 6.45) is 2.29. The van der Waals surface area contributed by atoms with Crippen molar-refractivity contribution in [2.75, 3.05) is 6.54 Å². The van der Waals surface area contributed by atoms with Gasteiger partial charge in [-0.05, 0) is 29.1 Å². The molecule has 2 amide bonds. The van der Waals surface area contributed by atoms with Crippen LogP contribution in [0.2, 0.25) is 0 Å². The van der Waals surface area contributed by atoms with Crippen molar-refractivity contribution in [3.8, 4) is 0 Å². The van der Waals surface area contributed by atoms with Crippen LogP contribution in [-0.4, -0.2) is 22.9 Å². The predicted molar refractivity (Wildman–Crippen MR) is 96.2 cm³/mol. The summed E-state index contributed by atoms with van der Waals surface area (Å²) in [4.78, 5) is 24.1. The molecule has 126 valence electrons. The summed E-state index contributed by atoms with van der Waals surface area (Å²) in [5.74, 6) is -0.161. The van der Waals surface area contributed by atoms with Crippen molar-refractivity contribution >= 4 is 22.7 Å². The summed E-state index contributed by atoms with van der Waals surface area (Å²) in [7, 11) is 0. The Hall–Kier alpha value is -3.08. The third-order valence-corrected chi connectivity index (χ3v) is 4.63. The van der Waals surface area contributed by atoms with Gasteiger partial charge in [0.15, 0.2) is 0 Å². The number of nitrogens with zero attached hydrogens (tertiary/aromatic N) is 1. The minimum absolute atomic E-state index is 0.0570. The van der Waals surface area contributed by atoms with Crippen LogP contribution in [0.25, 0.3) is 10.9 Å². The van der Waals surface area contributed by atoms with E-state index >= 15 is 0 Å². The molecule has 0 spiro atoms. The van der Waals surface area contributed by atoms with E-state index in [9.17, 15) is 9.59 Å². The molecule has 0 fully saturated rings. The van der Waals surface area contributed by atoms with Gasteiger partial charge >= 0.3 is 0 Å². The number of hydrogen-bond acceptors (Lipinski definition) is 2. The summed E-state index contributed by atoms with van der Waals surface area (Å²) < 4.78 is 2.13. The Morgan fingerprint density at radius 2 is 1.88 bits per heavy atom. The first-order valence-corrected chi connectivity index (χ1v) is 8.43. The Bertz CT molecular complexity index is 945. The van der Waals surface area contributed by atoms with Crippen LogP contribution in [0.5, 0.6) is 0 Å². The van der Waals surface area contributed by atoms with Gasteiger partial charge in [-0.3, -0.25) is 9.59 Å². The van der Waals surface area contributed by atoms with E-state index < -0.39 is 0 Å². The van der Waals surface area contributed by atoms with E-state index in [0.717, 1.165) is 11.1 Å². The maximum atomic E-state index is 12.2. The third kappa shape index (κ3) is 3.01. The lowest BCUT2D eigenvalue weighted by Gasteiger charge is -2.12. The maximum absolute atomic E-state index is 12.2. The number of carbonyl (C=O) groups excluding carboxylic acids is 2. The number of aromatic nitrogens is 1. The molecule has 2 heterocycles. The first-order valence-electron chi connectivity index (χ1n) is 8.43. The molecule has 3 aromatic rings. The molecule has 5 heteroatoms.